The monoisotopic (exact) mass is 424 g/mol. The van der Waals surface area contributed by atoms with Crippen molar-refractivity contribution in [2.45, 2.75) is 18.5 Å². The van der Waals surface area contributed by atoms with Crippen molar-refractivity contribution in [2.24, 2.45) is 0 Å². The van der Waals surface area contributed by atoms with Gasteiger partial charge in [0.2, 0.25) is 0 Å². The van der Waals surface area contributed by atoms with Gasteiger partial charge >= 0.3 is 0 Å². The second-order valence-corrected chi connectivity index (χ2v) is 8.39. The van der Waals surface area contributed by atoms with Crippen LogP contribution in [0.4, 0.5) is 0 Å². The van der Waals surface area contributed by atoms with Crippen molar-refractivity contribution < 1.29 is 0 Å². The molecule has 2 aromatic heterocycles. The van der Waals surface area contributed by atoms with Gasteiger partial charge < -0.3 is 15.1 Å². The molecule has 4 nitrogen and oxygen atoms in total. The van der Waals surface area contributed by atoms with Gasteiger partial charge in [0.25, 0.3) is 0 Å². The van der Waals surface area contributed by atoms with Crippen molar-refractivity contribution in [1.82, 2.24) is 20.1 Å². The fourth-order valence-electron chi connectivity index (χ4n) is 3.00. The van der Waals surface area contributed by atoms with Crippen LogP contribution < -0.4 is 5.32 Å². The zero-order valence-electron chi connectivity index (χ0n) is 13.8. The third kappa shape index (κ3) is 3.96. The molecular formula is C17H21BrN4S2. The van der Waals surface area contributed by atoms with E-state index in [0.717, 1.165) is 34.8 Å². The maximum absolute atomic E-state index is 5.65. The van der Waals surface area contributed by atoms with Crippen LogP contribution in [0, 0.1) is 0 Å². The normalized spacial score (nSPS) is 20.7. The number of thiocarbonyl (C=S) groups is 1. The first-order valence-electron chi connectivity index (χ1n) is 7.93. The van der Waals surface area contributed by atoms with E-state index in [2.05, 4.69) is 67.6 Å². The zero-order valence-corrected chi connectivity index (χ0v) is 17.0. The molecule has 3 heterocycles. The molecule has 0 amide bonds. The van der Waals surface area contributed by atoms with E-state index in [1.54, 1.807) is 11.3 Å². The molecule has 0 radical (unpaired) electrons. The lowest BCUT2D eigenvalue weighted by Gasteiger charge is -2.27. The molecule has 1 saturated heterocycles. The standard InChI is InChI=1S/C17H21BrN4S2/c1-21(2)8-5-9-22-16(14-10-12(18)11-24-14)15(20-17(22)23)13-6-3-4-7-19-13/h3-4,6-7,10-11,15-16H,5,8-9H2,1-2H3,(H,20,23)/t15-,16+/m0/s1. The Labute approximate surface area is 161 Å². The van der Waals surface area contributed by atoms with Crippen molar-refractivity contribution in [3.05, 3.63) is 50.9 Å². The van der Waals surface area contributed by atoms with Gasteiger partial charge in [-0.15, -0.1) is 11.3 Å². The molecule has 128 valence electrons. The van der Waals surface area contributed by atoms with Crippen LogP contribution in [0.15, 0.2) is 40.3 Å². The number of rotatable bonds is 6. The van der Waals surface area contributed by atoms with E-state index in [1.807, 2.05) is 18.3 Å². The quantitative estimate of drug-likeness (QED) is 0.712. The molecule has 0 aliphatic carbocycles. The lowest BCUT2D eigenvalue weighted by molar-refractivity contribution is 0.296. The van der Waals surface area contributed by atoms with Crippen LogP contribution in [-0.4, -0.2) is 47.1 Å². The summed E-state index contributed by atoms with van der Waals surface area (Å²) < 4.78 is 1.12. The lowest BCUT2D eigenvalue weighted by Crippen LogP contribution is -2.32. The van der Waals surface area contributed by atoms with Crippen molar-refractivity contribution in [1.29, 1.82) is 0 Å². The summed E-state index contributed by atoms with van der Waals surface area (Å²) >= 11 is 11.0. The summed E-state index contributed by atoms with van der Waals surface area (Å²) in [6.07, 6.45) is 2.92. The number of hydrogen-bond acceptors (Lipinski definition) is 4. The maximum atomic E-state index is 5.65. The molecule has 1 aliphatic rings. The fraction of sp³-hybridized carbons (Fsp3) is 0.412. The van der Waals surface area contributed by atoms with E-state index in [4.69, 9.17) is 12.2 Å². The first-order valence-corrected chi connectivity index (χ1v) is 10.0. The van der Waals surface area contributed by atoms with Crippen molar-refractivity contribution >= 4 is 44.6 Å². The molecule has 0 saturated carbocycles. The van der Waals surface area contributed by atoms with Gasteiger partial charge in [-0.2, -0.15) is 0 Å². The number of nitrogens with zero attached hydrogens (tertiary/aromatic N) is 3. The average Bonchev–Trinajstić information content (AvgIpc) is 3.12. The minimum atomic E-state index is 0.0867. The molecule has 1 aliphatic heterocycles. The van der Waals surface area contributed by atoms with Crippen LogP contribution in [0.5, 0.6) is 0 Å². The van der Waals surface area contributed by atoms with Crippen LogP contribution in [0.3, 0.4) is 0 Å². The minimum absolute atomic E-state index is 0.0867. The topological polar surface area (TPSA) is 31.4 Å². The predicted molar refractivity (Wildman–Crippen MR) is 107 cm³/mol. The Morgan fingerprint density at radius 1 is 1.42 bits per heavy atom. The van der Waals surface area contributed by atoms with Gasteiger partial charge in [0, 0.05) is 27.5 Å². The molecule has 0 bridgehead atoms. The van der Waals surface area contributed by atoms with E-state index in [-0.39, 0.29) is 12.1 Å². The summed E-state index contributed by atoms with van der Waals surface area (Å²) in [4.78, 5) is 10.4. The first-order chi connectivity index (χ1) is 11.6. The number of halogens is 1. The van der Waals surface area contributed by atoms with E-state index in [9.17, 15) is 0 Å². The van der Waals surface area contributed by atoms with Gasteiger partial charge in [-0.05, 0) is 73.4 Å². The van der Waals surface area contributed by atoms with E-state index < -0.39 is 0 Å². The molecule has 1 fully saturated rings. The van der Waals surface area contributed by atoms with E-state index >= 15 is 0 Å². The Morgan fingerprint density at radius 2 is 2.25 bits per heavy atom. The Kier molecular flexibility index (Phi) is 5.86. The fourth-order valence-corrected chi connectivity index (χ4v) is 4.92. The van der Waals surface area contributed by atoms with Crippen LogP contribution >= 0.6 is 39.5 Å². The first kappa shape index (κ1) is 17.8. The number of hydrogen-bond donors (Lipinski definition) is 1. The smallest absolute Gasteiger partial charge is 0.170 e. The van der Waals surface area contributed by atoms with Gasteiger partial charge in [-0.25, -0.2) is 0 Å². The number of nitrogens with one attached hydrogen (secondary N) is 1. The van der Waals surface area contributed by atoms with Gasteiger partial charge in [-0.1, -0.05) is 6.07 Å². The molecule has 24 heavy (non-hydrogen) atoms. The highest BCUT2D eigenvalue weighted by Crippen LogP contribution is 2.41. The summed E-state index contributed by atoms with van der Waals surface area (Å²) in [6.45, 7) is 1.99. The molecule has 0 unspecified atom stereocenters. The van der Waals surface area contributed by atoms with Crippen molar-refractivity contribution in [3.63, 3.8) is 0 Å². The average molecular weight is 425 g/mol. The highest BCUT2D eigenvalue weighted by atomic mass is 79.9. The molecule has 2 atom stereocenters. The molecular weight excluding hydrogens is 404 g/mol. The number of thiophene rings is 1. The third-order valence-corrected chi connectivity index (χ3v) is 6.20. The predicted octanol–water partition coefficient (Wildman–Crippen LogP) is 3.83. The Balaban J connectivity index is 1.88. The SMILES string of the molecule is CN(C)CCCN1C(=S)N[C@@H](c2ccccn2)[C@H]1c1cc(Br)cs1. The highest BCUT2D eigenvalue weighted by Gasteiger charge is 2.40. The molecule has 7 heteroatoms. The summed E-state index contributed by atoms with van der Waals surface area (Å²) in [7, 11) is 4.20. The molecule has 1 N–H and O–H groups in total. The van der Waals surface area contributed by atoms with Gasteiger partial charge in [-0.3, -0.25) is 4.98 Å². The summed E-state index contributed by atoms with van der Waals surface area (Å²) in [6, 6.07) is 8.51. The maximum Gasteiger partial charge on any atom is 0.170 e. The van der Waals surface area contributed by atoms with Crippen molar-refractivity contribution in [2.75, 3.05) is 27.2 Å². The minimum Gasteiger partial charge on any atom is -0.352 e. The Morgan fingerprint density at radius 3 is 2.88 bits per heavy atom. The van der Waals surface area contributed by atoms with Gasteiger partial charge in [0.05, 0.1) is 17.8 Å². The molecule has 0 spiro atoms. The van der Waals surface area contributed by atoms with Crippen LogP contribution in [0.1, 0.15) is 29.1 Å². The van der Waals surface area contributed by atoms with E-state index in [0.29, 0.717) is 0 Å². The van der Waals surface area contributed by atoms with Crippen molar-refractivity contribution in [3.8, 4) is 0 Å². The van der Waals surface area contributed by atoms with Crippen LogP contribution in [-0.2, 0) is 0 Å². The van der Waals surface area contributed by atoms with Crippen LogP contribution in [0.25, 0.3) is 0 Å². The zero-order chi connectivity index (χ0) is 17.1. The van der Waals surface area contributed by atoms with E-state index in [1.165, 1.54) is 4.88 Å². The molecule has 3 rings (SSSR count). The highest BCUT2D eigenvalue weighted by molar-refractivity contribution is 9.10. The lowest BCUT2D eigenvalue weighted by atomic mass is 10.0. The molecule has 0 aromatic carbocycles. The molecule has 2 aromatic rings. The summed E-state index contributed by atoms with van der Waals surface area (Å²) in [5, 5.41) is 6.44. The Bertz CT molecular complexity index is 689. The second kappa shape index (κ2) is 7.91. The summed E-state index contributed by atoms with van der Waals surface area (Å²) in [5.41, 5.74) is 1.03. The Hall–Kier alpha value is -1.02. The van der Waals surface area contributed by atoms with Gasteiger partial charge in [0.1, 0.15) is 0 Å². The largest absolute Gasteiger partial charge is 0.352 e. The summed E-state index contributed by atoms with van der Waals surface area (Å²) in [5.74, 6) is 0. The number of aromatic nitrogens is 1. The van der Waals surface area contributed by atoms with Crippen LogP contribution in [0.2, 0.25) is 0 Å². The van der Waals surface area contributed by atoms with Gasteiger partial charge in [0.15, 0.2) is 5.11 Å². The number of pyridine rings is 1. The second-order valence-electron chi connectivity index (χ2n) is 6.14. The third-order valence-electron chi connectivity index (χ3n) is 4.08.